The summed E-state index contributed by atoms with van der Waals surface area (Å²) in [6.07, 6.45) is 0.649. The summed E-state index contributed by atoms with van der Waals surface area (Å²) in [6.45, 7) is 2.46. The molecule has 0 saturated carbocycles. The topological polar surface area (TPSA) is 66.5 Å². The van der Waals surface area contributed by atoms with E-state index < -0.39 is 0 Å². The number of benzene rings is 2. The van der Waals surface area contributed by atoms with Crippen LogP contribution in [0.4, 0.5) is 0 Å². The molecule has 0 aliphatic carbocycles. The van der Waals surface area contributed by atoms with E-state index in [0.717, 1.165) is 11.1 Å². The molecule has 0 atom stereocenters. The van der Waals surface area contributed by atoms with Crippen molar-refractivity contribution in [1.82, 2.24) is 10.2 Å². The Bertz CT molecular complexity index is 879. The van der Waals surface area contributed by atoms with Gasteiger partial charge in [0.1, 0.15) is 0 Å². The van der Waals surface area contributed by atoms with Crippen LogP contribution >= 0.6 is 11.6 Å². The summed E-state index contributed by atoms with van der Waals surface area (Å²) in [5, 5.41) is 3.41. The lowest BCUT2D eigenvalue weighted by Gasteiger charge is -2.13. The summed E-state index contributed by atoms with van der Waals surface area (Å²) in [4.78, 5) is 37.9. The molecule has 3 rings (SSSR count). The van der Waals surface area contributed by atoms with Crippen molar-refractivity contribution < 1.29 is 14.4 Å². The molecule has 1 aliphatic heterocycles. The van der Waals surface area contributed by atoms with E-state index in [9.17, 15) is 14.4 Å². The largest absolute Gasteiger partial charge is 0.352 e. The van der Waals surface area contributed by atoms with Crippen LogP contribution in [0.25, 0.3) is 0 Å². The van der Waals surface area contributed by atoms with E-state index in [1.165, 1.54) is 4.90 Å². The second-order valence-corrected chi connectivity index (χ2v) is 6.69. The van der Waals surface area contributed by atoms with Gasteiger partial charge in [-0.2, -0.15) is 0 Å². The van der Waals surface area contributed by atoms with E-state index in [4.69, 9.17) is 11.6 Å². The van der Waals surface area contributed by atoms with Crippen molar-refractivity contribution in [1.29, 1.82) is 0 Å². The standard InChI is InChI=1S/C20H19ClN2O3/c1-13-8-9-15-16(11-13)20(26)23(19(15)25)10-4-7-18(24)22-12-14-5-2-3-6-17(14)21/h2-3,5-6,8-9,11H,4,7,10,12H2,1H3,(H,22,24). The molecular weight excluding hydrogens is 352 g/mol. The third-order valence-corrected chi connectivity index (χ3v) is 4.71. The van der Waals surface area contributed by atoms with Gasteiger partial charge in [-0.15, -0.1) is 0 Å². The number of fused-ring (bicyclic) bond motifs is 1. The maximum Gasteiger partial charge on any atom is 0.261 e. The van der Waals surface area contributed by atoms with Gasteiger partial charge >= 0.3 is 0 Å². The fourth-order valence-corrected chi connectivity index (χ4v) is 3.13. The molecule has 6 heteroatoms. The normalized spacial score (nSPS) is 13.1. The Morgan fingerprint density at radius 1 is 1.08 bits per heavy atom. The van der Waals surface area contributed by atoms with Crippen LogP contribution in [0.5, 0.6) is 0 Å². The Hall–Kier alpha value is -2.66. The molecule has 0 saturated heterocycles. The maximum atomic E-state index is 12.4. The number of aryl methyl sites for hydroxylation is 1. The summed E-state index contributed by atoms with van der Waals surface area (Å²) in [5.74, 6) is -0.718. The van der Waals surface area contributed by atoms with Crippen molar-refractivity contribution in [3.8, 4) is 0 Å². The first kappa shape index (κ1) is 18.1. The van der Waals surface area contributed by atoms with Gasteiger partial charge in [0.15, 0.2) is 0 Å². The fourth-order valence-electron chi connectivity index (χ4n) is 2.93. The average molecular weight is 371 g/mol. The maximum absolute atomic E-state index is 12.4. The molecule has 2 aromatic carbocycles. The van der Waals surface area contributed by atoms with Crippen LogP contribution in [0.3, 0.4) is 0 Å². The molecule has 134 valence electrons. The van der Waals surface area contributed by atoms with Crippen molar-refractivity contribution in [2.45, 2.75) is 26.3 Å². The van der Waals surface area contributed by atoms with E-state index in [1.807, 2.05) is 31.2 Å². The van der Waals surface area contributed by atoms with E-state index in [2.05, 4.69) is 5.32 Å². The molecule has 0 aromatic heterocycles. The SMILES string of the molecule is Cc1ccc2c(c1)C(=O)N(CCCC(=O)NCc1ccccc1Cl)C2=O. The predicted octanol–water partition coefficient (Wildman–Crippen LogP) is 3.34. The highest BCUT2D eigenvalue weighted by molar-refractivity contribution is 6.31. The third-order valence-electron chi connectivity index (χ3n) is 4.35. The summed E-state index contributed by atoms with van der Waals surface area (Å²) in [5.41, 5.74) is 2.66. The Morgan fingerprint density at radius 2 is 1.81 bits per heavy atom. The smallest absolute Gasteiger partial charge is 0.261 e. The first-order chi connectivity index (χ1) is 12.5. The lowest BCUT2D eigenvalue weighted by Crippen LogP contribution is -2.32. The molecule has 26 heavy (non-hydrogen) atoms. The van der Waals surface area contributed by atoms with E-state index in [0.29, 0.717) is 29.1 Å². The van der Waals surface area contributed by atoms with Crippen molar-refractivity contribution >= 4 is 29.3 Å². The predicted molar refractivity (Wildman–Crippen MR) is 99.1 cm³/mol. The number of carbonyl (C=O) groups is 3. The molecule has 0 unspecified atom stereocenters. The number of hydrogen-bond acceptors (Lipinski definition) is 3. The highest BCUT2D eigenvalue weighted by Gasteiger charge is 2.34. The van der Waals surface area contributed by atoms with Gasteiger partial charge in [-0.1, -0.05) is 41.4 Å². The minimum Gasteiger partial charge on any atom is -0.352 e. The van der Waals surface area contributed by atoms with Crippen LogP contribution in [-0.2, 0) is 11.3 Å². The second-order valence-electron chi connectivity index (χ2n) is 6.28. The van der Waals surface area contributed by atoms with Crippen molar-refractivity contribution in [2.75, 3.05) is 6.54 Å². The van der Waals surface area contributed by atoms with Gasteiger partial charge in [-0.3, -0.25) is 19.3 Å². The Kier molecular flexibility index (Phi) is 5.38. The number of hydrogen-bond donors (Lipinski definition) is 1. The molecule has 3 amide bonds. The summed E-state index contributed by atoms with van der Waals surface area (Å²) >= 11 is 6.05. The fraction of sp³-hybridized carbons (Fsp3) is 0.250. The van der Waals surface area contributed by atoms with Gasteiger partial charge in [0.2, 0.25) is 5.91 Å². The van der Waals surface area contributed by atoms with Crippen LogP contribution < -0.4 is 5.32 Å². The highest BCUT2D eigenvalue weighted by atomic mass is 35.5. The van der Waals surface area contributed by atoms with Gasteiger partial charge in [-0.05, 0) is 37.1 Å². The number of amides is 3. The molecule has 0 fully saturated rings. The van der Waals surface area contributed by atoms with Gasteiger partial charge in [0.05, 0.1) is 11.1 Å². The third kappa shape index (κ3) is 3.78. The lowest BCUT2D eigenvalue weighted by atomic mass is 10.1. The monoisotopic (exact) mass is 370 g/mol. The molecule has 2 aromatic rings. The summed E-state index contributed by atoms with van der Waals surface area (Å²) < 4.78 is 0. The zero-order chi connectivity index (χ0) is 18.7. The van der Waals surface area contributed by atoms with Crippen LogP contribution in [-0.4, -0.2) is 29.2 Å². The quantitative estimate of drug-likeness (QED) is 0.793. The van der Waals surface area contributed by atoms with Gasteiger partial charge in [-0.25, -0.2) is 0 Å². The van der Waals surface area contributed by atoms with Crippen molar-refractivity contribution in [3.05, 3.63) is 69.7 Å². The molecule has 1 heterocycles. The number of rotatable bonds is 6. The number of nitrogens with zero attached hydrogens (tertiary/aromatic N) is 1. The molecular formula is C20H19ClN2O3. The zero-order valence-electron chi connectivity index (χ0n) is 14.4. The average Bonchev–Trinajstić information content (AvgIpc) is 2.85. The van der Waals surface area contributed by atoms with Crippen LogP contribution in [0, 0.1) is 6.92 Å². The van der Waals surface area contributed by atoms with Crippen LogP contribution in [0.15, 0.2) is 42.5 Å². The first-order valence-corrected chi connectivity index (χ1v) is 8.82. The second kappa shape index (κ2) is 7.70. The van der Waals surface area contributed by atoms with Gasteiger partial charge in [0, 0.05) is 24.5 Å². The number of carbonyl (C=O) groups excluding carboxylic acids is 3. The van der Waals surface area contributed by atoms with Crippen molar-refractivity contribution in [2.24, 2.45) is 0 Å². The van der Waals surface area contributed by atoms with Gasteiger partial charge in [0.25, 0.3) is 11.8 Å². The minimum atomic E-state index is -0.290. The summed E-state index contributed by atoms with van der Waals surface area (Å²) in [7, 11) is 0. The Labute approximate surface area is 156 Å². The van der Waals surface area contributed by atoms with Crippen LogP contribution in [0.2, 0.25) is 5.02 Å². The molecule has 0 spiro atoms. The number of nitrogens with one attached hydrogen (secondary N) is 1. The molecule has 0 radical (unpaired) electrons. The van der Waals surface area contributed by atoms with E-state index in [1.54, 1.807) is 18.2 Å². The molecule has 1 N–H and O–H groups in total. The summed E-state index contributed by atoms with van der Waals surface area (Å²) in [6, 6.07) is 12.5. The number of halogens is 1. The van der Waals surface area contributed by atoms with Crippen molar-refractivity contribution in [3.63, 3.8) is 0 Å². The molecule has 5 nitrogen and oxygen atoms in total. The molecule has 0 bridgehead atoms. The first-order valence-electron chi connectivity index (χ1n) is 8.44. The van der Waals surface area contributed by atoms with Crippen LogP contribution in [0.1, 0.15) is 44.7 Å². The van der Waals surface area contributed by atoms with Gasteiger partial charge < -0.3 is 5.32 Å². The lowest BCUT2D eigenvalue weighted by molar-refractivity contribution is -0.121. The Morgan fingerprint density at radius 3 is 2.58 bits per heavy atom. The van der Waals surface area contributed by atoms with E-state index in [-0.39, 0.29) is 30.7 Å². The highest BCUT2D eigenvalue weighted by Crippen LogP contribution is 2.24. The Balaban J connectivity index is 1.49. The minimum absolute atomic E-state index is 0.141. The molecule has 1 aliphatic rings. The zero-order valence-corrected chi connectivity index (χ0v) is 15.2. The van der Waals surface area contributed by atoms with E-state index >= 15 is 0 Å². The number of imide groups is 1.